The molecule has 0 saturated heterocycles. The molecule has 0 saturated carbocycles. The van der Waals surface area contributed by atoms with Gasteiger partial charge in [-0.1, -0.05) is 39.5 Å². The normalized spacial score (nSPS) is 11.7. The Morgan fingerprint density at radius 3 is 2.32 bits per heavy atom. The number of nitrogens with two attached hydrogens (primary N) is 1. The van der Waals surface area contributed by atoms with Crippen LogP contribution in [0.25, 0.3) is 0 Å². The number of carbonyl (C=O) groups excluding carboxylic acids is 1. The fourth-order valence-electron chi connectivity index (χ4n) is 1.98. The van der Waals surface area contributed by atoms with E-state index in [1.807, 2.05) is 0 Å². The highest BCUT2D eigenvalue weighted by molar-refractivity contribution is 5.85. The van der Waals surface area contributed by atoms with Gasteiger partial charge in [-0.25, -0.2) is 0 Å². The summed E-state index contributed by atoms with van der Waals surface area (Å²) in [5.74, 6) is -0.0330. The average Bonchev–Trinajstić information content (AvgIpc) is 2.38. The molecule has 0 aliphatic carbocycles. The summed E-state index contributed by atoms with van der Waals surface area (Å²) in [5, 5.41) is 0. The number of unbranched alkanes of at least 4 members (excludes halogenated alkanes) is 5. The molecule has 1 atom stereocenters. The topological polar surface area (TPSA) is 52.3 Å². The van der Waals surface area contributed by atoms with Gasteiger partial charge in [-0.3, -0.25) is 4.79 Å². The van der Waals surface area contributed by atoms with Gasteiger partial charge < -0.3 is 10.5 Å². The lowest BCUT2D eigenvalue weighted by atomic mass is 10.1. The Labute approximate surface area is 125 Å². The van der Waals surface area contributed by atoms with E-state index in [2.05, 4.69) is 13.8 Å². The molecule has 1 unspecified atom stereocenters. The molecule has 0 fully saturated rings. The van der Waals surface area contributed by atoms with Gasteiger partial charge in [-0.15, -0.1) is 12.4 Å². The van der Waals surface area contributed by atoms with Crippen molar-refractivity contribution in [3.63, 3.8) is 0 Å². The van der Waals surface area contributed by atoms with Crippen LogP contribution in [0.3, 0.4) is 0 Å². The van der Waals surface area contributed by atoms with Crippen LogP contribution in [-0.2, 0) is 9.53 Å². The molecule has 0 aromatic rings. The van der Waals surface area contributed by atoms with Crippen LogP contribution in [0.4, 0.5) is 0 Å². The molecule has 0 bridgehead atoms. The number of ether oxygens (including phenoxy) is 1. The van der Waals surface area contributed by atoms with Gasteiger partial charge in [0.05, 0.1) is 0 Å². The molecule has 19 heavy (non-hydrogen) atoms. The van der Waals surface area contributed by atoms with Crippen LogP contribution in [0.15, 0.2) is 0 Å². The monoisotopic (exact) mass is 293 g/mol. The van der Waals surface area contributed by atoms with Crippen molar-refractivity contribution in [2.75, 3.05) is 6.54 Å². The molecular formula is C15H32ClNO2. The maximum Gasteiger partial charge on any atom is 0.306 e. The molecule has 0 aromatic carbocycles. The van der Waals surface area contributed by atoms with Crippen molar-refractivity contribution >= 4 is 18.4 Å². The van der Waals surface area contributed by atoms with Crippen molar-refractivity contribution in [1.29, 1.82) is 0 Å². The predicted octanol–water partition coefficient (Wildman–Crippen LogP) is 4.22. The minimum Gasteiger partial charge on any atom is -0.462 e. The SMILES string of the molecule is CCCCCCC(CC)OC(=O)CCCCCN.Cl. The highest BCUT2D eigenvalue weighted by atomic mass is 35.5. The minimum atomic E-state index is -0.0330. The Morgan fingerprint density at radius 1 is 1.05 bits per heavy atom. The summed E-state index contributed by atoms with van der Waals surface area (Å²) in [7, 11) is 0. The Hall–Kier alpha value is -0.280. The molecular weight excluding hydrogens is 262 g/mol. The third-order valence-electron chi connectivity index (χ3n) is 3.22. The van der Waals surface area contributed by atoms with Gasteiger partial charge in [0, 0.05) is 6.42 Å². The standard InChI is InChI=1S/C15H31NO2.ClH/c1-3-5-6-8-11-14(4-2)18-15(17)12-9-7-10-13-16;/h14H,3-13,16H2,1-2H3;1H. The quantitative estimate of drug-likeness (QED) is 0.433. The van der Waals surface area contributed by atoms with Gasteiger partial charge in [-0.05, 0) is 38.6 Å². The highest BCUT2D eigenvalue weighted by Gasteiger charge is 2.11. The second-order valence-electron chi connectivity index (χ2n) is 4.97. The first-order chi connectivity index (χ1) is 8.74. The van der Waals surface area contributed by atoms with E-state index >= 15 is 0 Å². The molecule has 0 spiro atoms. The summed E-state index contributed by atoms with van der Waals surface area (Å²) in [6.45, 7) is 5.01. The molecule has 0 aliphatic heterocycles. The zero-order valence-electron chi connectivity index (χ0n) is 12.7. The van der Waals surface area contributed by atoms with Crippen LogP contribution >= 0.6 is 12.4 Å². The van der Waals surface area contributed by atoms with Crippen LogP contribution < -0.4 is 5.73 Å². The number of esters is 1. The number of hydrogen-bond donors (Lipinski definition) is 1. The van der Waals surface area contributed by atoms with Crippen LogP contribution in [0.5, 0.6) is 0 Å². The van der Waals surface area contributed by atoms with E-state index in [1.54, 1.807) is 0 Å². The first-order valence-electron chi connectivity index (χ1n) is 7.64. The largest absolute Gasteiger partial charge is 0.462 e. The van der Waals surface area contributed by atoms with E-state index in [0.29, 0.717) is 13.0 Å². The number of rotatable bonds is 12. The second kappa shape index (κ2) is 15.8. The minimum absolute atomic E-state index is 0. The Balaban J connectivity index is 0. The Kier molecular flexibility index (Phi) is 17.5. The lowest BCUT2D eigenvalue weighted by Gasteiger charge is -2.16. The molecule has 2 N–H and O–H groups in total. The van der Waals surface area contributed by atoms with Gasteiger partial charge in [0.15, 0.2) is 0 Å². The molecule has 0 aromatic heterocycles. The lowest BCUT2D eigenvalue weighted by molar-refractivity contribution is -0.149. The third-order valence-corrected chi connectivity index (χ3v) is 3.22. The average molecular weight is 294 g/mol. The summed E-state index contributed by atoms with van der Waals surface area (Å²) >= 11 is 0. The van der Waals surface area contributed by atoms with Gasteiger partial charge >= 0.3 is 5.97 Å². The van der Waals surface area contributed by atoms with E-state index in [0.717, 1.165) is 32.1 Å². The Bertz CT molecular complexity index is 201. The predicted molar refractivity (Wildman–Crippen MR) is 83.7 cm³/mol. The van der Waals surface area contributed by atoms with E-state index in [-0.39, 0.29) is 24.5 Å². The fourth-order valence-corrected chi connectivity index (χ4v) is 1.98. The maximum atomic E-state index is 11.6. The van der Waals surface area contributed by atoms with Gasteiger partial charge in [0.2, 0.25) is 0 Å². The highest BCUT2D eigenvalue weighted by Crippen LogP contribution is 2.12. The summed E-state index contributed by atoms with van der Waals surface area (Å²) in [4.78, 5) is 11.6. The molecule has 0 rings (SSSR count). The molecule has 0 amide bonds. The van der Waals surface area contributed by atoms with Crippen LogP contribution in [-0.4, -0.2) is 18.6 Å². The zero-order chi connectivity index (χ0) is 13.6. The Morgan fingerprint density at radius 2 is 1.74 bits per heavy atom. The van der Waals surface area contributed by atoms with Crippen LogP contribution in [0.2, 0.25) is 0 Å². The van der Waals surface area contributed by atoms with Crippen molar-refractivity contribution in [1.82, 2.24) is 0 Å². The van der Waals surface area contributed by atoms with Crippen molar-refractivity contribution < 1.29 is 9.53 Å². The van der Waals surface area contributed by atoms with Crippen molar-refractivity contribution in [3.8, 4) is 0 Å². The lowest BCUT2D eigenvalue weighted by Crippen LogP contribution is -2.17. The summed E-state index contributed by atoms with van der Waals surface area (Å²) < 4.78 is 5.49. The summed E-state index contributed by atoms with van der Waals surface area (Å²) in [6, 6.07) is 0. The molecule has 0 heterocycles. The van der Waals surface area contributed by atoms with Crippen LogP contribution in [0.1, 0.15) is 78.1 Å². The van der Waals surface area contributed by atoms with Crippen LogP contribution in [0, 0.1) is 0 Å². The van der Waals surface area contributed by atoms with Crippen molar-refractivity contribution in [2.24, 2.45) is 5.73 Å². The number of hydrogen-bond acceptors (Lipinski definition) is 3. The smallest absolute Gasteiger partial charge is 0.306 e. The van der Waals surface area contributed by atoms with E-state index < -0.39 is 0 Å². The first-order valence-corrected chi connectivity index (χ1v) is 7.64. The molecule has 3 nitrogen and oxygen atoms in total. The van der Waals surface area contributed by atoms with E-state index in [4.69, 9.17) is 10.5 Å². The second-order valence-corrected chi connectivity index (χ2v) is 4.97. The van der Waals surface area contributed by atoms with Gasteiger partial charge in [0.25, 0.3) is 0 Å². The molecule has 116 valence electrons. The first kappa shape index (κ1) is 21.0. The molecule has 4 heteroatoms. The van der Waals surface area contributed by atoms with Gasteiger partial charge in [0.1, 0.15) is 6.10 Å². The van der Waals surface area contributed by atoms with Gasteiger partial charge in [-0.2, -0.15) is 0 Å². The van der Waals surface area contributed by atoms with Crippen molar-refractivity contribution in [2.45, 2.75) is 84.2 Å². The number of halogens is 1. The third kappa shape index (κ3) is 13.9. The maximum absolute atomic E-state index is 11.6. The number of carbonyl (C=O) groups is 1. The summed E-state index contributed by atoms with van der Waals surface area (Å²) in [5.41, 5.74) is 5.41. The summed E-state index contributed by atoms with van der Waals surface area (Å²) in [6.07, 6.45) is 10.5. The molecule has 0 aliphatic rings. The van der Waals surface area contributed by atoms with E-state index in [1.165, 1.54) is 25.7 Å². The van der Waals surface area contributed by atoms with Crippen molar-refractivity contribution in [3.05, 3.63) is 0 Å². The zero-order valence-corrected chi connectivity index (χ0v) is 13.5. The molecule has 0 radical (unpaired) electrons. The fraction of sp³-hybridized carbons (Fsp3) is 0.933. The van der Waals surface area contributed by atoms with E-state index in [9.17, 15) is 4.79 Å².